The van der Waals surface area contributed by atoms with Crippen molar-refractivity contribution in [1.82, 2.24) is 19.8 Å². The molecule has 2 rings (SSSR count). The van der Waals surface area contributed by atoms with Crippen LogP contribution in [0.2, 0.25) is 0 Å². The third-order valence-corrected chi connectivity index (χ3v) is 4.57. The van der Waals surface area contributed by atoms with Crippen LogP contribution in [0.25, 0.3) is 0 Å². The fourth-order valence-corrected chi connectivity index (χ4v) is 3.22. The van der Waals surface area contributed by atoms with Crippen molar-refractivity contribution in [3.63, 3.8) is 0 Å². The molecule has 4 nitrogen and oxygen atoms in total. The first-order valence-corrected chi connectivity index (χ1v) is 8.16. The molecule has 0 aromatic carbocycles. The van der Waals surface area contributed by atoms with E-state index in [0.29, 0.717) is 0 Å². The summed E-state index contributed by atoms with van der Waals surface area (Å²) in [7, 11) is 2.08. The summed E-state index contributed by atoms with van der Waals surface area (Å²) >= 11 is 0. The number of rotatable bonds is 7. The van der Waals surface area contributed by atoms with E-state index in [0.717, 1.165) is 31.5 Å². The smallest absolute Gasteiger partial charge is 0.109 e. The largest absolute Gasteiger partial charge is 0.338 e. The predicted molar refractivity (Wildman–Crippen MR) is 83.8 cm³/mol. The fourth-order valence-electron chi connectivity index (χ4n) is 3.22. The maximum absolute atomic E-state index is 4.42. The standard InChI is InChI=1S/C16H30N4/c1-4-8-17-15-6-10-20(13-14(15)5-2)11-7-16-18-9-12-19(16)3/h9,12,14-15,17H,4-8,10-11,13H2,1-3H3. The van der Waals surface area contributed by atoms with Crippen LogP contribution in [0.5, 0.6) is 0 Å². The SMILES string of the molecule is CCCNC1CCN(CCc2nccn2C)CC1CC. The minimum absolute atomic E-state index is 0.726. The van der Waals surface area contributed by atoms with Gasteiger partial charge in [-0.15, -0.1) is 0 Å². The quantitative estimate of drug-likeness (QED) is 0.829. The molecule has 114 valence electrons. The van der Waals surface area contributed by atoms with Gasteiger partial charge in [-0.2, -0.15) is 0 Å². The summed E-state index contributed by atoms with van der Waals surface area (Å²) in [6, 6.07) is 0.726. The monoisotopic (exact) mass is 278 g/mol. The van der Waals surface area contributed by atoms with Gasteiger partial charge in [-0.25, -0.2) is 4.98 Å². The highest BCUT2D eigenvalue weighted by molar-refractivity contribution is 4.93. The molecule has 20 heavy (non-hydrogen) atoms. The van der Waals surface area contributed by atoms with E-state index in [2.05, 4.69) is 40.7 Å². The predicted octanol–water partition coefficient (Wildman–Crippen LogP) is 2.06. The van der Waals surface area contributed by atoms with Gasteiger partial charge in [0.25, 0.3) is 0 Å². The average molecular weight is 278 g/mol. The molecule has 0 radical (unpaired) electrons. The second kappa shape index (κ2) is 7.79. The number of nitrogens with one attached hydrogen (secondary N) is 1. The maximum atomic E-state index is 4.42. The summed E-state index contributed by atoms with van der Waals surface area (Å²) < 4.78 is 2.13. The van der Waals surface area contributed by atoms with Crippen molar-refractivity contribution in [3.05, 3.63) is 18.2 Å². The lowest BCUT2D eigenvalue weighted by Crippen LogP contribution is -2.49. The molecular formula is C16H30N4. The van der Waals surface area contributed by atoms with Gasteiger partial charge in [0.1, 0.15) is 5.82 Å². The highest BCUT2D eigenvalue weighted by Gasteiger charge is 2.27. The molecule has 1 fully saturated rings. The third kappa shape index (κ3) is 4.06. The molecule has 0 saturated carbocycles. The number of likely N-dealkylation sites (tertiary alicyclic amines) is 1. The summed E-state index contributed by atoms with van der Waals surface area (Å²) in [5.41, 5.74) is 0. The normalized spacial score (nSPS) is 24.1. The highest BCUT2D eigenvalue weighted by Crippen LogP contribution is 2.20. The Hall–Kier alpha value is -0.870. The zero-order valence-electron chi connectivity index (χ0n) is 13.3. The Labute approximate surface area is 123 Å². The summed E-state index contributed by atoms with van der Waals surface area (Å²) in [6.45, 7) is 9.34. The van der Waals surface area contributed by atoms with E-state index in [1.54, 1.807) is 0 Å². The Bertz CT molecular complexity index is 388. The van der Waals surface area contributed by atoms with Gasteiger partial charge in [-0.1, -0.05) is 20.3 Å². The van der Waals surface area contributed by atoms with E-state index >= 15 is 0 Å². The van der Waals surface area contributed by atoms with Gasteiger partial charge in [0.05, 0.1) is 0 Å². The van der Waals surface area contributed by atoms with Crippen LogP contribution in [-0.2, 0) is 13.5 Å². The van der Waals surface area contributed by atoms with Crippen molar-refractivity contribution in [2.45, 2.75) is 45.6 Å². The third-order valence-electron chi connectivity index (χ3n) is 4.57. The number of aryl methyl sites for hydroxylation is 1. The van der Waals surface area contributed by atoms with Gasteiger partial charge in [0.15, 0.2) is 0 Å². The van der Waals surface area contributed by atoms with Gasteiger partial charge in [-0.3, -0.25) is 0 Å². The summed E-state index contributed by atoms with van der Waals surface area (Å²) in [6.07, 6.45) is 8.79. The van der Waals surface area contributed by atoms with Crippen molar-refractivity contribution in [3.8, 4) is 0 Å². The maximum Gasteiger partial charge on any atom is 0.109 e. The zero-order valence-corrected chi connectivity index (χ0v) is 13.3. The molecule has 0 aliphatic carbocycles. The van der Waals surface area contributed by atoms with Crippen molar-refractivity contribution in [2.24, 2.45) is 13.0 Å². The average Bonchev–Trinajstić information content (AvgIpc) is 2.88. The lowest BCUT2D eigenvalue weighted by molar-refractivity contribution is 0.135. The first-order chi connectivity index (χ1) is 9.74. The van der Waals surface area contributed by atoms with Crippen LogP contribution in [0.1, 0.15) is 38.9 Å². The number of piperidine rings is 1. The van der Waals surface area contributed by atoms with Crippen LogP contribution < -0.4 is 5.32 Å². The van der Waals surface area contributed by atoms with Crippen LogP contribution in [0.15, 0.2) is 12.4 Å². The summed E-state index contributed by atoms with van der Waals surface area (Å²) in [5.74, 6) is 2.00. The van der Waals surface area contributed by atoms with Crippen LogP contribution in [0.3, 0.4) is 0 Å². The number of hydrogen-bond donors (Lipinski definition) is 1. The van der Waals surface area contributed by atoms with Crippen molar-refractivity contribution in [2.75, 3.05) is 26.2 Å². The minimum atomic E-state index is 0.726. The Kier molecular flexibility index (Phi) is 6.05. The second-order valence-electron chi connectivity index (χ2n) is 6.02. The second-order valence-corrected chi connectivity index (χ2v) is 6.02. The molecule has 2 atom stereocenters. The van der Waals surface area contributed by atoms with Crippen LogP contribution in [-0.4, -0.2) is 46.7 Å². The number of imidazole rings is 1. The van der Waals surface area contributed by atoms with E-state index in [1.165, 1.54) is 38.2 Å². The molecule has 1 aromatic rings. The molecule has 0 bridgehead atoms. The molecule has 0 spiro atoms. The molecule has 1 aromatic heterocycles. The molecule has 4 heteroatoms. The lowest BCUT2D eigenvalue weighted by Gasteiger charge is -2.38. The Morgan fingerprint density at radius 3 is 2.90 bits per heavy atom. The van der Waals surface area contributed by atoms with Gasteiger partial charge in [0, 0.05) is 45.0 Å². The van der Waals surface area contributed by atoms with E-state index < -0.39 is 0 Å². The Morgan fingerprint density at radius 1 is 1.40 bits per heavy atom. The fraction of sp³-hybridized carbons (Fsp3) is 0.812. The molecule has 1 saturated heterocycles. The lowest BCUT2D eigenvalue weighted by atomic mass is 9.89. The van der Waals surface area contributed by atoms with E-state index in [1.807, 2.05) is 12.4 Å². The van der Waals surface area contributed by atoms with Crippen molar-refractivity contribution >= 4 is 0 Å². The number of hydrogen-bond acceptors (Lipinski definition) is 3. The molecule has 0 amide bonds. The van der Waals surface area contributed by atoms with Crippen LogP contribution in [0, 0.1) is 5.92 Å². The van der Waals surface area contributed by atoms with Crippen LogP contribution in [0.4, 0.5) is 0 Å². The molecule has 2 unspecified atom stereocenters. The highest BCUT2D eigenvalue weighted by atomic mass is 15.2. The summed E-state index contributed by atoms with van der Waals surface area (Å²) in [5, 5.41) is 3.73. The van der Waals surface area contributed by atoms with E-state index in [-0.39, 0.29) is 0 Å². The van der Waals surface area contributed by atoms with Gasteiger partial charge in [0.2, 0.25) is 0 Å². The Balaban J connectivity index is 1.79. The summed E-state index contributed by atoms with van der Waals surface area (Å²) in [4.78, 5) is 7.04. The van der Waals surface area contributed by atoms with Crippen LogP contribution >= 0.6 is 0 Å². The number of aromatic nitrogens is 2. The molecule has 1 aliphatic heterocycles. The first-order valence-electron chi connectivity index (χ1n) is 8.16. The zero-order chi connectivity index (χ0) is 14.4. The van der Waals surface area contributed by atoms with Gasteiger partial charge < -0.3 is 14.8 Å². The van der Waals surface area contributed by atoms with Crippen molar-refractivity contribution in [1.29, 1.82) is 0 Å². The van der Waals surface area contributed by atoms with E-state index in [9.17, 15) is 0 Å². The van der Waals surface area contributed by atoms with Gasteiger partial charge in [-0.05, 0) is 31.8 Å². The minimum Gasteiger partial charge on any atom is -0.338 e. The van der Waals surface area contributed by atoms with E-state index in [4.69, 9.17) is 0 Å². The molecule has 2 heterocycles. The topological polar surface area (TPSA) is 33.1 Å². The van der Waals surface area contributed by atoms with Crippen molar-refractivity contribution < 1.29 is 0 Å². The molecule has 1 N–H and O–H groups in total. The first kappa shape index (κ1) is 15.5. The number of nitrogens with zero attached hydrogens (tertiary/aromatic N) is 3. The molecular weight excluding hydrogens is 248 g/mol. The van der Waals surface area contributed by atoms with Gasteiger partial charge >= 0.3 is 0 Å². The molecule has 1 aliphatic rings. The Morgan fingerprint density at radius 2 is 2.25 bits per heavy atom.